The predicted octanol–water partition coefficient (Wildman–Crippen LogP) is 6.06. The van der Waals surface area contributed by atoms with Crippen LogP contribution in [0.3, 0.4) is 0 Å². The summed E-state index contributed by atoms with van der Waals surface area (Å²) in [6.07, 6.45) is 4.50. The molecule has 1 aliphatic carbocycles. The Morgan fingerprint density at radius 2 is 1.45 bits per heavy atom. The standard InChI is InChI=1S/C19H19F3/c1-12-2-4-13(5-3-12)14-6-7-18(19(22)10-14)15-8-16(20)11-17(21)9-15/h6-13H,2-5H2,1H3. The van der Waals surface area contributed by atoms with E-state index in [2.05, 4.69) is 6.92 Å². The Morgan fingerprint density at radius 3 is 2.05 bits per heavy atom. The van der Waals surface area contributed by atoms with Gasteiger partial charge in [0.05, 0.1) is 0 Å². The Morgan fingerprint density at radius 1 is 0.818 bits per heavy atom. The number of rotatable bonds is 2. The van der Waals surface area contributed by atoms with Crippen LogP contribution < -0.4 is 0 Å². The largest absolute Gasteiger partial charge is 0.207 e. The maximum atomic E-state index is 14.4. The van der Waals surface area contributed by atoms with Gasteiger partial charge in [-0.25, -0.2) is 13.2 Å². The summed E-state index contributed by atoms with van der Waals surface area (Å²) in [4.78, 5) is 0. The molecule has 0 spiro atoms. The Hall–Kier alpha value is -1.77. The summed E-state index contributed by atoms with van der Waals surface area (Å²) in [5, 5.41) is 0. The van der Waals surface area contributed by atoms with Gasteiger partial charge in [0.1, 0.15) is 17.5 Å². The summed E-state index contributed by atoms with van der Waals surface area (Å²) in [6, 6.07) is 8.16. The van der Waals surface area contributed by atoms with Gasteiger partial charge in [0.25, 0.3) is 0 Å². The zero-order valence-corrected chi connectivity index (χ0v) is 12.6. The number of hydrogen-bond acceptors (Lipinski definition) is 0. The average Bonchev–Trinajstić information content (AvgIpc) is 2.46. The molecule has 0 saturated heterocycles. The lowest BCUT2D eigenvalue weighted by Gasteiger charge is -2.26. The van der Waals surface area contributed by atoms with E-state index in [9.17, 15) is 13.2 Å². The molecule has 2 aromatic rings. The summed E-state index contributed by atoms with van der Waals surface area (Å²) in [6.45, 7) is 2.25. The summed E-state index contributed by atoms with van der Waals surface area (Å²) >= 11 is 0. The van der Waals surface area contributed by atoms with E-state index in [-0.39, 0.29) is 11.1 Å². The number of benzene rings is 2. The third-order valence-corrected chi connectivity index (χ3v) is 4.65. The molecule has 0 heterocycles. The summed E-state index contributed by atoms with van der Waals surface area (Å²) in [5.41, 5.74) is 1.47. The molecule has 1 saturated carbocycles. The van der Waals surface area contributed by atoms with Gasteiger partial charge in [0.15, 0.2) is 0 Å². The van der Waals surface area contributed by atoms with Gasteiger partial charge >= 0.3 is 0 Å². The first-order valence-electron chi connectivity index (χ1n) is 7.79. The number of halogens is 3. The third-order valence-electron chi connectivity index (χ3n) is 4.65. The normalized spacial score (nSPS) is 21.8. The highest BCUT2D eigenvalue weighted by molar-refractivity contribution is 5.64. The van der Waals surface area contributed by atoms with Gasteiger partial charge < -0.3 is 0 Å². The van der Waals surface area contributed by atoms with Gasteiger partial charge in [-0.2, -0.15) is 0 Å². The molecule has 3 heteroatoms. The Bertz CT molecular complexity index is 650. The minimum atomic E-state index is -0.695. The van der Waals surface area contributed by atoms with E-state index in [0.29, 0.717) is 5.92 Å². The van der Waals surface area contributed by atoms with Crippen LogP contribution in [-0.2, 0) is 0 Å². The minimum absolute atomic E-state index is 0.235. The highest BCUT2D eigenvalue weighted by atomic mass is 19.1. The SMILES string of the molecule is CC1CCC(c2ccc(-c3cc(F)cc(F)c3)c(F)c2)CC1. The van der Waals surface area contributed by atoms with E-state index in [4.69, 9.17) is 0 Å². The molecule has 1 aliphatic rings. The van der Waals surface area contributed by atoms with Crippen LogP contribution in [-0.4, -0.2) is 0 Å². The molecule has 3 rings (SSSR count). The fourth-order valence-corrected chi connectivity index (χ4v) is 3.32. The molecule has 22 heavy (non-hydrogen) atoms. The van der Waals surface area contributed by atoms with Crippen molar-refractivity contribution in [2.45, 2.75) is 38.5 Å². The second kappa shape index (κ2) is 6.15. The molecule has 1 fully saturated rings. The number of hydrogen-bond donors (Lipinski definition) is 0. The Balaban J connectivity index is 1.89. The summed E-state index contributed by atoms with van der Waals surface area (Å²) in [5.74, 6) is -0.666. The second-order valence-corrected chi connectivity index (χ2v) is 6.35. The van der Waals surface area contributed by atoms with E-state index < -0.39 is 17.5 Å². The smallest absolute Gasteiger partial charge is 0.131 e. The first-order valence-corrected chi connectivity index (χ1v) is 7.79. The maximum Gasteiger partial charge on any atom is 0.131 e. The molecule has 0 aromatic heterocycles. The van der Waals surface area contributed by atoms with Crippen LogP contribution in [0, 0.1) is 23.4 Å². The van der Waals surface area contributed by atoms with Crippen LogP contribution in [0.15, 0.2) is 36.4 Å². The van der Waals surface area contributed by atoms with Crippen LogP contribution in [0.5, 0.6) is 0 Å². The van der Waals surface area contributed by atoms with Crippen molar-refractivity contribution in [2.24, 2.45) is 5.92 Å². The van der Waals surface area contributed by atoms with Crippen LogP contribution in [0.2, 0.25) is 0 Å². The van der Waals surface area contributed by atoms with E-state index in [1.165, 1.54) is 18.9 Å². The quantitative estimate of drug-likeness (QED) is 0.632. The van der Waals surface area contributed by atoms with Crippen molar-refractivity contribution in [3.8, 4) is 11.1 Å². The molecule has 0 nitrogen and oxygen atoms in total. The van der Waals surface area contributed by atoms with Crippen molar-refractivity contribution in [1.29, 1.82) is 0 Å². The van der Waals surface area contributed by atoms with E-state index >= 15 is 0 Å². The van der Waals surface area contributed by atoms with E-state index in [0.717, 1.165) is 42.5 Å². The van der Waals surface area contributed by atoms with Crippen molar-refractivity contribution in [3.63, 3.8) is 0 Å². The lowest BCUT2D eigenvalue weighted by molar-refractivity contribution is 0.347. The zero-order chi connectivity index (χ0) is 15.7. The van der Waals surface area contributed by atoms with Crippen molar-refractivity contribution < 1.29 is 13.2 Å². The van der Waals surface area contributed by atoms with Crippen molar-refractivity contribution in [2.75, 3.05) is 0 Å². The van der Waals surface area contributed by atoms with Crippen molar-refractivity contribution in [3.05, 3.63) is 59.4 Å². The van der Waals surface area contributed by atoms with Crippen LogP contribution >= 0.6 is 0 Å². The Labute approximate surface area is 129 Å². The molecular weight excluding hydrogens is 285 g/mol. The van der Waals surface area contributed by atoms with Gasteiger partial charge in [0, 0.05) is 11.6 Å². The molecule has 0 N–H and O–H groups in total. The zero-order valence-electron chi connectivity index (χ0n) is 12.6. The summed E-state index contributed by atoms with van der Waals surface area (Å²) < 4.78 is 41.0. The summed E-state index contributed by atoms with van der Waals surface area (Å²) in [7, 11) is 0. The fraction of sp³-hybridized carbons (Fsp3) is 0.368. The molecule has 2 aromatic carbocycles. The fourth-order valence-electron chi connectivity index (χ4n) is 3.32. The first-order chi connectivity index (χ1) is 10.5. The van der Waals surface area contributed by atoms with E-state index in [1.54, 1.807) is 6.07 Å². The molecule has 0 atom stereocenters. The van der Waals surface area contributed by atoms with Gasteiger partial charge in [-0.05, 0) is 54.0 Å². The molecule has 0 unspecified atom stereocenters. The van der Waals surface area contributed by atoms with E-state index in [1.807, 2.05) is 6.07 Å². The minimum Gasteiger partial charge on any atom is -0.207 e. The highest BCUT2D eigenvalue weighted by Gasteiger charge is 2.20. The third kappa shape index (κ3) is 3.18. The highest BCUT2D eigenvalue weighted by Crippen LogP contribution is 2.37. The molecule has 0 aliphatic heterocycles. The van der Waals surface area contributed by atoms with Crippen LogP contribution in [0.4, 0.5) is 13.2 Å². The van der Waals surface area contributed by atoms with Gasteiger partial charge in [-0.1, -0.05) is 31.9 Å². The predicted molar refractivity (Wildman–Crippen MR) is 82.1 cm³/mol. The second-order valence-electron chi connectivity index (χ2n) is 6.35. The molecule has 0 amide bonds. The topological polar surface area (TPSA) is 0 Å². The monoisotopic (exact) mass is 304 g/mol. The Kier molecular flexibility index (Phi) is 4.23. The molecule has 0 radical (unpaired) electrons. The molecular formula is C19H19F3. The first kappa shape index (κ1) is 15.1. The van der Waals surface area contributed by atoms with Crippen LogP contribution in [0.1, 0.15) is 44.1 Å². The van der Waals surface area contributed by atoms with Gasteiger partial charge in [0.2, 0.25) is 0 Å². The lowest BCUT2D eigenvalue weighted by atomic mass is 9.79. The lowest BCUT2D eigenvalue weighted by Crippen LogP contribution is -2.11. The average molecular weight is 304 g/mol. The van der Waals surface area contributed by atoms with Gasteiger partial charge in [-0.15, -0.1) is 0 Å². The molecule has 116 valence electrons. The maximum absolute atomic E-state index is 14.4. The van der Waals surface area contributed by atoms with Crippen LogP contribution in [0.25, 0.3) is 11.1 Å². The molecule has 0 bridgehead atoms. The van der Waals surface area contributed by atoms with Gasteiger partial charge in [-0.3, -0.25) is 0 Å². The van der Waals surface area contributed by atoms with Crippen molar-refractivity contribution in [1.82, 2.24) is 0 Å². The van der Waals surface area contributed by atoms with Crippen molar-refractivity contribution >= 4 is 0 Å².